The van der Waals surface area contributed by atoms with Gasteiger partial charge in [0.2, 0.25) is 5.91 Å². The minimum atomic E-state index is -0.450. The molecule has 1 heterocycles. The Morgan fingerprint density at radius 1 is 1.53 bits per heavy atom. The van der Waals surface area contributed by atoms with Crippen molar-refractivity contribution in [1.82, 2.24) is 5.32 Å². The molecule has 1 rings (SSSR count). The summed E-state index contributed by atoms with van der Waals surface area (Å²) in [6.07, 6.45) is -0.0398. The SMILES string of the molecule is CC(C)C(N)C(=O)NCC1COCCO1. The molecule has 0 radical (unpaired) electrons. The summed E-state index contributed by atoms with van der Waals surface area (Å²) in [6, 6.07) is -0.450. The third-order valence-electron chi connectivity index (χ3n) is 2.41. The highest BCUT2D eigenvalue weighted by atomic mass is 16.6. The highest BCUT2D eigenvalue weighted by Crippen LogP contribution is 2.01. The zero-order valence-corrected chi connectivity index (χ0v) is 9.36. The first-order valence-electron chi connectivity index (χ1n) is 5.34. The van der Waals surface area contributed by atoms with Gasteiger partial charge in [0, 0.05) is 6.54 Å². The van der Waals surface area contributed by atoms with Gasteiger partial charge in [0.25, 0.3) is 0 Å². The lowest BCUT2D eigenvalue weighted by Gasteiger charge is -2.24. The minimum Gasteiger partial charge on any atom is -0.376 e. The lowest BCUT2D eigenvalue weighted by atomic mass is 10.1. The summed E-state index contributed by atoms with van der Waals surface area (Å²) in [4.78, 5) is 11.5. The molecule has 1 fully saturated rings. The fourth-order valence-corrected chi connectivity index (χ4v) is 1.29. The lowest BCUT2D eigenvalue weighted by molar-refractivity contribution is -0.126. The molecule has 0 saturated carbocycles. The molecule has 0 aromatic heterocycles. The third kappa shape index (κ3) is 4.15. The van der Waals surface area contributed by atoms with Crippen molar-refractivity contribution in [1.29, 1.82) is 0 Å². The normalized spacial score (nSPS) is 23.9. The van der Waals surface area contributed by atoms with Crippen LogP contribution in [-0.2, 0) is 14.3 Å². The summed E-state index contributed by atoms with van der Waals surface area (Å²) in [7, 11) is 0. The van der Waals surface area contributed by atoms with Crippen LogP contribution in [0, 0.1) is 5.92 Å². The summed E-state index contributed by atoms with van der Waals surface area (Å²) in [5.41, 5.74) is 5.69. The Kier molecular flexibility index (Phi) is 5.01. The summed E-state index contributed by atoms with van der Waals surface area (Å²) in [6.45, 7) is 6.08. The van der Waals surface area contributed by atoms with Gasteiger partial charge in [0.15, 0.2) is 0 Å². The maximum atomic E-state index is 11.5. The van der Waals surface area contributed by atoms with Crippen LogP contribution < -0.4 is 11.1 Å². The quantitative estimate of drug-likeness (QED) is 0.664. The summed E-state index contributed by atoms with van der Waals surface area (Å²) >= 11 is 0. The van der Waals surface area contributed by atoms with Crippen molar-refractivity contribution in [2.24, 2.45) is 11.7 Å². The predicted molar refractivity (Wildman–Crippen MR) is 56.4 cm³/mol. The van der Waals surface area contributed by atoms with E-state index in [-0.39, 0.29) is 17.9 Å². The molecule has 3 N–H and O–H groups in total. The molecule has 15 heavy (non-hydrogen) atoms. The zero-order valence-electron chi connectivity index (χ0n) is 9.36. The standard InChI is InChI=1S/C10H20N2O3/c1-7(2)9(11)10(13)12-5-8-6-14-3-4-15-8/h7-9H,3-6,11H2,1-2H3,(H,12,13). The molecule has 1 aliphatic heterocycles. The molecule has 2 unspecified atom stereocenters. The van der Waals surface area contributed by atoms with Gasteiger partial charge in [0.1, 0.15) is 0 Å². The molecule has 1 amide bonds. The van der Waals surface area contributed by atoms with Crippen molar-refractivity contribution in [2.75, 3.05) is 26.4 Å². The maximum absolute atomic E-state index is 11.5. The van der Waals surface area contributed by atoms with E-state index in [1.54, 1.807) is 0 Å². The highest BCUT2D eigenvalue weighted by molar-refractivity contribution is 5.81. The number of amides is 1. The Morgan fingerprint density at radius 3 is 2.80 bits per heavy atom. The molecule has 0 aromatic rings. The predicted octanol–water partition coefficient (Wildman–Crippen LogP) is -0.499. The van der Waals surface area contributed by atoms with Gasteiger partial charge < -0.3 is 20.5 Å². The third-order valence-corrected chi connectivity index (χ3v) is 2.41. The van der Waals surface area contributed by atoms with E-state index in [0.717, 1.165) is 0 Å². The van der Waals surface area contributed by atoms with Crippen LogP contribution in [0.1, 0.15) is 13.8 Å². The molecule has 0 aliphatic carbocycles. The van der Waals surface area contributed by atoms with Crippen LogP contribution in [0.5, 0.6) is 0 Å². The van der Waals surface area contributed by atoms with E-state index >= 15 is 0 Å². The maximum Gasteiger partial charge on any atom is 0.237 e. The Balaban J connectivity index is 2.20. The fourth-order valence-electron chi connectivity index (χ4n) is 1.29. The number of nitrogens with one attached hydrogen (secondary N) is 1. The Hall–Kier alpha value is -0.650. The minimum absolute atomic E-state index is 0.0398. The first-order chi connectivity index (χ1) is 7.11. The Labute approximate surface area is 90.3 Å². The molecule has 88 valence electrons. The van der Waals surface area contributed by atoms with Gasteiger partial charge in [0.05, 0.1) is 32.0 Å². The molecule has 0 aromatic carbocycles. The van der Waals surface area contributed by atoms with Crippen molar-refractivity contribution in [2.45, 2.75) is 26.0 Å². The van der Waals surface area contributed by atoms with E-state index in [1.807, 2.05) is 13.8 Å². The van der Waals surface area contributed by atoms with Gasteiger partial charge in [-0.15, -0.1) is 0 Å². The van der Waals surface area contributed by atoms with Gasteiger partial charge in [-0.25, -0.2) is 0 Å². The smallest absolute Gasteiger partial charge is 0.237 e. The van der Waals surface area contributed by atoms with Crippen LogP contribution in [-0.4, -0.2) is 44.4 Å². The summed E-state index contributed by atoms with van der Waals surface area (Å²) in [5.74, 6) is 0.0210. The molecule has 2 atom stereocenters. The van der Waals surface area contributed by atoms with Crippen molar-refractivity contribution < 1.29 is 14.3 Å². The van der Waals surface area contributed by atoms with Crippen molar-refractivity contribution in [3.8, 4) is 0 Å². The van der Waals surface area contributed by atoms with Gasteiger partial charge in [-0.2, -0.15) is 0 Å². The van der Waals surface area contributed by atoms with Crippen LogP contribution in [0.2, 0.25) is 0 Å². The number of carbonyl (C=O) groups is 1. The van der Waals surface area contributed by atoms with E-state index in [1.165, 1.54) is 0 Å². The number of nitrogens with two attached hydrogens (primary N) is 1. The van der Waals surface area contributed by atoms with Crippen LogP contribution in [0.4, 0.5) is 0 Å². The fraction of sp³-hybridized carbons (Fsp3) is 0.900. The number of hydrogen-bond donors (Lipinski definition) is 2. The van der Waals surface area contributed by atoms with Crippen molar-refractivity contribution in [3.63, 3.8) is 0 Å². The highest BCUT2D eigenvalue weighted by Gasteiger charge is 2.19. The van der Waals surface area contributed by atoms with Crippen LogP contribution >= 0.6 is 0 Å². The molecule has 5 nitrogen and oxygen atoms in total. The van der Waals surface area contributed by atoms with E-state index in [0.29, 0.717) is 26.4 Å². The first-order valence-corrected chi connectivity index (χ1v) is 5.34. The molecular weight excluding hydrogens is 196 g/mol. The average molecular weight is 216 g/mol. The molecule has 0 spiro atoms. The average Bonchev–Trinajstić information content (AvgIpc) is 2.26. The summed E-state index contributed by atoms with van der Waals surface area (Å²) < 4.78 is 10.6. The van der Waals surface area contributed by atoms with Gasteiger partial charge >= 0.3 is 0 Å². The monoisotopic (exact) mass is 216 g/mol. The van der Waals surface area contributed by atoms with E-state index in [4.69, 9.17) is 15.2 Å². The molecule has 5 heteroatoms. The zero-order chi connectivity index (χ0) is 11.3. The number of rotatable bonds is 4. The van der Waals surface area contributed by atoms with Crippen molar-refractivity contribution in [3.05, 3.63) is 0 Å². The molecule has 1 saturated heterocycles. The van der Waals surface area contributed by atoms with E-state index < -0.39 is 6.04 Å². The number of carbonyl (C=O) groups excluding carboxylic acids is 1. The van der Waals surface area contributed by atoms with Crippen LogP contribution in [0.3, 0.4) is 0 Å². The largest absolute Gasteiger partial charge is 0.376 e. The van der Waals surface area contributed by atoms with Gasteiger partial charge in [-0.1, -0.05) is 13.8 Å². The van der Waals surface area contributed by atoms with E-state index in [9.17, 15) is 4.79 Å². The second kappa shape index (κ2) is 6.05. The Morgan fingerprint density at radius 2 is 2.27 bits per heavy atom. The first kappa shape index (κ1) is 12.4. The molecular formula is C10H20N2O3. The number of ether oxygens (including phenoxy) is 2. The van der Waals surface area contributed by atoms with Crippen LogP contribution in [0.15, 0.2) is 0 Å². The summed E-state index contributed by atoms with van der Waals surface area (Å²) in [5, 5.41) is 2.76. The Bertz CT molecular complexity index is 203. The van der Waals surface area contributed by atoms with E-state index in [2.05, 4.69) is 5.32 Å². The van der Waals surface area contributed by atoms with Crippen molar-refractivity contribution >= 4 is 5.91 Å². The van der Waals surface area contributed by atoms with Crippen LogP contribution in [0.25, 0.3) is 0 Å². The second-order valence-electron chi connectivity index (χ2n) is 4.08. The molecule has 0 bridgehead atoms. The topological polar surface area (TPSA) is 73.6 Å². The second-order valence-corrected chi connectivity index (χ2v) is 4.08. The number of hydrogen-bond acceptors (Lipinski definition) is 4. The molecule has 1 aliphatic rings. The van der Waals surface area contributed by atoms with Gasteiger partial charge in [-0.3, -0.25) is 4.79 Å². The lowest BCUT2D eigenvalue weighted by Crippen LogP contribution is -2.48. The van der Waals surface area contributed by atoms with Gasteiger partial charge in [-0.05, 0) is 5.92 Å².